The predicted octanol–water partition coefficient (Wildman–Crippen LogP) is 5.33. The van der Waals surface area contributed by atoms with E-state index in [4.69, 9.17) is 11.6 Å². The summed E-state index contributed by atoms with van der Waals surface area (Å²) in [5.41, 5.74) is 1.53. The third-order valence-corrected chi connectivity index (χ3v) is 6.86. The molecule has 0 spiro atoms. The molecule has 0 unspecified atom stereocenters. The van der Waals surface area contributed by atoms with Crippen LogP contribution in [0.5, 0.6) is 0 Å². The molecule has 40 heavy (non-hydrogen) atoms. The zero-order valence-electron chi connectivity index (χ0n) is 20.7. The van der Waals surface area contributed by atoms with Gasteiger partial charge in [-0.3, -0.25) is 34.2 Å². The van der Waals surface area contributed by atoms with Crippen molar-refractivity contribution in [3.8, 4) is 0 Å². The van der Waals surface area contributed by atoms with E-state index in [0.717, 1.165) is 4.90 Å². The number of anilines is 1. The first-order valence-corrected chi connectivity index (χ1v) is 12.5. The lowest BCUT2D eigenvalue weighted by atomic mass is 10.0. The highest BCUT2D eigenvalue weighted by Gasteiger charge is 2.42. The minimum absolute atomic E-state index is 0.0985. The maximum atomic E-state index is 13.7. The van der Waals surface area contributed by atoms with Gasteiger partial charge in [0, 0.05) is 35.4 Å². The zero-order chi connectivity index (χ0) is 28.4. The average Bonchev–Trinajstić information content (AvgIpc) is 3.22. The number of hydrogen-bond acceptors (Lipinski definition) is 6. The van der Waals surface area contributed by atoms with Crippen LogP contribution in [0.25, 0.3) is 0 Å². The van der Waals surface area contributed by atoms with Crippen LogP contribution in [0.2, 0.25) is 5.02 Å². The summed E-state index contributed by atoms with van der Waals surface area (Å²) in [6.07, 6.45) is -0.0985. The van der Waals surface area contributed by atoms with Crippen LogP contribution in [-0.4, -0.2) is 39.4 Å². The molecule has 0 bridgehead atoms. The van der Waals surface area contributed by atoms with Gasteiger partial charge in [-0.15, -0.1) is 0 Å². The molecule has 1 atom stereocenters. The van der Waals surface area contributed by atoms with E-state index in [1.165, 1.54) is 54.6 Å². The number of fused-ring (bicyclic) bond motifs is 1. The first kappa shape index (κ1) is 26.5. The first-order valence-electron chi connectivity index (χ1n) is 12.1. The van der Waals surface area contributed by atoms with E-state index >= 15 is 0 Å². The lowest BCUT2D eigenvalue weighted by Gasteiger charge is -2.25. The van der Waals surface area contributed by atoms with Crippen molar-refractivity contribution in [1.29, 1.82) is 0 Å². The lowest BCUT2D eigenvalue weighted by Crippen LogP contribution is -2.48. The van der Waals surface area contributed by atoms with Gasteiger partial charge in [-0.2, -0.15) is 0 Å². The van der Waals surface area contributed by atoms with E-state index in [1.807, 2.05) is 0 Å². The van der Waals surface area contributed by atoms with Gasteiger partial charge >= 0.3 is 0 Å². The van der Waals surface area contributed by atoms with E-state index in [0.29, 0.717) is 11.1 Å². The maximum absolute atomic E-state index is 13.7. The number of nitro groups is 1. The number of non-ortho nitro benzene ring substituents is 1. The first-order chi connectivity index (χ1) is 19.2. The third-order valence-electron chi connectivity index (χ3n) is 6.53. The molecule has 0 aromatic heterocycles. The van der Waals surface area contributed by atoms with Crippen molar-refractivity contribution in [2.75, 3.05) is 5.32 Å². The molecule has 4 aromatic rings. The van der Waals surface area contributed by atoms with Crippen LogP contribution >= 0.6 is 11.6 Å². The van der Waals surface area contributed by atoms with Gasteiger partial charge in [0.15, 0.2) is 5.78 Å². The molecular formula is C30H20ClN3O6. The van der Waals surface area contributed by atoms with Crippen LogP contribution in [-0.2, 0) is 11.2 Å². The Bertz CT molecular complexity index is 1640. The highest BCUT2D eigenvalue weighted by molar-refractivity contribution is 6.35. The Morgan fingerprint density at radius 2 is 1.45 bits per heavy atom. The van der Waals surface area contributed by atoms with Gasteiger partial charge < -0.3 is 5.32 Å². The van der Waals surface area contributed by atoms with Gasteiger partial charge in [0.1, 0.15) is 6.04 Å². The van der Waals surface area contributed by atoms with Crippen LogP contribution in [0.4, 0.5) is 11.4 Å². The maximum Gasteiger partial charge on any atom is 0.269 e. The van der Waals surface area contributed by atoms with Crippen molar-refractivity contribution < 1.29 is 24.1 Å². The molecule has 0 fully saturated rings. The van der Waals surface area contributed by atoms with Crippen molar-refractivity contribution in [2.45, 2.75) is 12.5 Å². The van der Waals surface area contributed by atoms with Gasteiger partial charge in [0.05, 0.1) is 21.1 Å². The van der Waals surface area contributed by atoms with Crippen LogP contribution in [0, 0.1) is 10.1 Å². The molecule has 5 rings (SSSR count). The van der Waals surface area contributed by atoms with Crippen molar-refractivity contribution in [2.24, 2.45) is 0 Å². The molecule has 1 N–H and O–H groups in total. The highest BCUT2D eigenvalue weighted by atomic mass is 35.5. The minimum atomic E-state index is -1.29. The third kappa shape index (κ3) is 5.10. The van der Waals surface area contributed by atoms with Crippen molar-refractivity contribution in [3.63, 3.8) is 0 Å². The Morgan fingerprint density at radius 3 is 2.05 bits per heavy atom. The molecule has 9 nitrogen and oxygen atoms in total. The standard InChI is InChI=1S/C30H20ClN3O6/c31-25-15-12-20(17-24(25)27(35)19-6-2-1-3-7-19)32-28(36)26(16-18-10-13-21(14-11-18)34(39)40)33-29(37)22-8-4-5-9-23(22)30(33)38/h1-15,17,26H,16H2,(H,32,36)/t26-/m0/s1. The second-order valence-corrected chi connectivity index (χ2v) is 9.46. The average molecular weight is 554 g/mol. The number of carbonyl (C=O) groups excluding carboxylic acids is 4. The Kier molecular flexibility index (Phi) is 7.22. The molecule has 0 saturated carbocycles. The molecule has 198 valence electrons. The Hall–Kier alpha value is -5.15. The van der Waals surface area contributed by atoms with Gasteiger partial charge in [0.25, 0.3) is 17.5 Å². The zero-order valence-corrected chi connectivity index (χ0v) is 21.5. The topological polar surface area (TPSA) is 127 Å². The predicted molar refractivity (Wildman–Crippen MR) is 147 cm³/mol. The molecule has 1 heterocycles. The summed E-state index contributed by atoms with van der Waals surface area (Å²) in [5.74, 6) is -2.28. The van der Waals surface area contributed by atoms with E-state index in [-0.39, 0.29) is 45.3 Å². The second-order valence-electron chi connectivity index (χ2n) is 9.05. The molecule has 0 aliphatic carbocycles. The fourth-order valence-corrected chi connectivity index (χ4v) is 4.72. The number of rotatable bonds is 8. The fourth-order valence-electron chi connectivity index (χ4n) is 4.52. The van der Waals surface area contributed by atoms with E-state index in [9.17, 15) is 29.3 Å². The molecule has 0 radical (unpaired) electrons. The molecule has 0 saturated heterocycles. The number of nitro benzene ring substituents is 1. The van der Waals surface area contributed by atoms with E-state index in [2.05, 4.69) is 5.32 Å². The molecular weight excluding hydrogens is 534 g/mol. The number of ketones is 1. The number of imide groups is 1. The summed E-state index contributed by atoms with van der Waals surface area (Å²) in [5, 5.41) is 14.0. The number of halogens is 1. The normalized spacial score (nSPS) is 13.1. The SMILES string of the molecule is O=C(c1ccccc1)c1cc(NC(=O)[C@H](Cc2ccc([N+](=O)[O-])cc2)N2C(=O)c3ccccc3C2=O)ccc1Cl. The summed E-state index contributed by atoms with van der Waals surface area (Å²) >= 11 is 6.30. The summed E-state index contributed by atoms with van der Waals surface area (Å²) in [6, 6.07) is 23.4. The Labute approximate surface area is 233 Å². The van der Waals surface area contributed by atoms with Gasteiger partial charge in [0.2, 0.25) is 5.91 Å². The summed E-state index contributed by atoms with van der Waals surface area (Å²) < 4.78 is 0. The minimum Gasteiger partial charge on any atom is -0.324 e. The van der Waals surface area contributed by atoms with Gasteiger partial charge in [-0.1, -0.05) is 66.2 Å². The molecule has 1 aliphatic rings. The van der Waals surface area contributed by atoms with Gasteiger partial charge in [-0.05, 0) is 35.9 Å². The molecule has 1 aliphatic heterocycles. The molecule has 4 aromatic carbocycles. The number of amides is 3. The quantitative estimate of drug-likeness (QED) is 0.136. The second kappa shape index (κ2) is 10.9. The Morgan fingerprint density at radius 1 is 0.850 bits per heavy atom. The van der Waals surface area contributed by atoms with Gasteiger partial charge in [-0.25, -0.2) is 0 Å². The van der Waals surface area contributed by atoms with Crippen molar-refractivity contribution in [1.82, 2.24) is 4.90 Å². The summed E-state index contributed by atoms with van der Waals surface area (Å²) in [6.45, 7) is 0. The Balaban J connectivity index is 1.47. The monoisotopic (exact) mass is 553 g/mol. The number of benzene rings is 4. The smallest absolute Gasteiger partial charge is 0.269 e. The number of nitrogens with zero attached hydrogens (tertiary/aromatic N) is 2. The van der Waals surface area contributed by atoms with Crippen molar-refractivity contribution >= 4 is 46.5 Å². The van der Waals surface area contributed by atoms with Crippen LogP contribution in [0.3, 0.4) is 0 Å². The van der Waals surface area contributed by atoms with Crippen LogP contribution in [0.1, 0.15) is 42.2 Å². The fraction of sp³-hybridized carbons (Fsp3) is 0.0667. The van der Waals surface area contributed by atoms with E-state index in [1.54, 1.807) is 42.5 Å². The highest BCUT2D eigenvalue weighted by Crippen LogP contribution is 2.28. The number of hydrogen-bond donors (Lipinski definition) is 1. The summed E-state index contributed by atoms with van der Waals surface area (Å²) in [7, 11) is 0. The lowest BCUT2D eigenvalue weighted by molar-refractivity contribution is -0.384. The van der Waals surface area contributed by atoms with E-state index < -0.39 is 28.7 Å². The molecule has 3 amide bonds. The number of carbonyl (C=O) groups is 4. The van der Waals surface area contributed by atoms with Crippen LogP contribution < -0.4 is 5.32 Å². The van der Waals surface area contributed by atoms with Crippen LogP contribution in [0.15, 0.2) is 97.1 Å². The molecule has 10 heteroatoms. The largest absolute Gasteiger partial charge is 0.324 e. The summed E-state index contributed by atoms with van der Waals surface area (Å²) in [4.78, 5) is 64.6. The van der Waals surface area contributed by atoms with Crippen molar-refractivity contribution in [3.05, 3.63) is 140 Å². The number of nitrogens with one attached hydrogen (secondary N) is 1.